The molecule has 0 fully saturated rings. The maximum absolute atomic E-state index is 0. The van der Waals surface area contributed by atoms with Crippen LogP contribution in [0.3, 0.4) is 0 Å². The number of hydrogen-bond donors (Lipinski definition) is 0. The van der Waals surface area contributed by atoms with Crippen molar-refractivity contribution in [3.8, 4) is 0 Å². The molecule has 0 aromatic carbocycles. The van der Waals surface area contributed by atoms with Crippen molar-refractivity contribution in [2.75, 3.05) is 0 Å². The molecule has 15 heteroatoms. The van der Waals surface area contributed by atoms with E-state index in [-0.39, 0.29) is 544 Å². The van der Waals surface area contributed by atoms with E-state index in [1.807, 2.05) is 0 Å². The average Bonchev–Trinajstić information content (AvgIpc) is 0. The van der Waals surface area contributed by atoms with Gasteiger partial charge in [-0.3, -0.25) is 0 Å². The Balaban J connectivity index is 0. The van der Waals surface area contributed by atoms with Crippen molar-refractivity contribution in [1.82, 2.24) is 0 Å². The van der Waals surface area contributed by atoms with Crippen molar-refractivity contribution in [2.45, 2.75) is 0 Å². The minimum Gasteiger partial charge on any atom is 0 e. The number of rotatable bonds is 0. The first-order chi connectivity index (χ1) is 0. The van der Waals surface area contributed by atoms with Crippen LogP contribution in [-0.4, -0.2) is 409 Å². The van der Waals surface area contributed by atoms with E-state index >= 15 is 0 Å². The summed E-state index contributed by atoms with van der Waals surface area (Å²) in [4.78, 5) is 0. The summed E-state index contributed by atoms with van der Waals surface area (Å²) in [6.45, 7) is 0. The molecule has 24 radical (unpaired) electrons. The van der Waals surface area contributed by atoms with E-state index in [1.165, 1.54) is 0 Å². The van der Waals surface area contributed by atoms with Gasteiger partial charge in [-0.05, 0) is 0 Å². The summed E-state index contributed by atoms with van der Waals surface area (Å²) >= 11 is 0. The van der Waals surface area contributed by atoms with Crippen molar-refractivity contribution >= 4 is 409 Å². The second-order valence-electron chi connectivity index (χ2n) is 0. The van der Waals surface area contributed by atoms with Crippen molar-refractivity contribution < 1.29 is 134 Å². The minimum atomic E-state index is 0. The zero-order valence-electron chi connectivity index (χ0n) is 8.17. The molecule has 15 heavy (non-hydrogen) atoms. The van der Waals surface area contributed by atoms with Gasteiger partial charge in [0, 0.05) is 544 Å². The van der Waals surface area contributed by atoms with Gasteiger partial charge in [0.05, 0.1) is 0 Å². The summed E-state index contributed by atoms with van der Waals surface area (Å²) in [7, 11) is 0. The van der Waals surface area contributed by atoms with Crippen LogP contribution in [0, 0.1) is 0 Å². The van der Waals surface area contributed by atoms with Crippen LogP contribution in [0.4, 0.5) is 0 Å². The van der Waals surface area contributed by atoms with Gasteiger partial charge >= 0.3 is 0 Å². The molecule has 0 aromatic heterocycles. The summed E-state index contributed by atoms with van der Waals surface area (Å²) in [6.07, 6.45) is 0. The molecular formula is Au6Sr9. The Morgan fingerprint density at radius 2 is 0.133 bits per heavy atom. The molecule has 0 atom stereocenters. The first-order valence-corrected chi connectivity index (χ1v) is 0. The molecule has 0 aromatic rings. The summed E-state index contributed by atoms with van der Waals surface area (Å²) in [5.74, 6) is 0. The topological polar surface area (TPSA) is 0 Å². The van der Waals surface area contributed by atoms with Gasteiger partial charge < -0.3 is 0 Å². The van der Waals surface area contributed by atoms with Crippen LogP contribution in [0.2, 0.25) is 0 Å². The third-order valence-corrected chi connectivity index (χ3v) is 0. The molecule has 0 amide bonds. The van der Waals surface area contributed by atoms with E-state index in [0.29, 0.717) is 0 Å². The molecule has 84 valence electrons. The molecular weight excluding hydrogens is 1970 g/mol. The molecule has 0 nitrogen and oxygen atoms in total. The molecule has 0 rings (SSSR count). The fraction of sp³-hybridized carbons (Fsp3) is 0. The van der Waals surface area contributed by atoms with Crippen molar-refractivity contribution in [3.63, 3.8) is 0 Å². The van der Waals surface area contributed by atoms with Crippen LogP contribution >= 0.6 is 0 Å². The second kappa shape index (κ2) is 95.3. The van der Waals surface area contributed by atoms with Crippen molar-refractivity contribution in [2.24, 2.45) is 0 Å². The van der Waals surface area contributed by atoms with Crippen LogP contribution in [0.25, 0.3) is 0 Å². The molecule has 0 N–H and O–H groups in total. The van der Waals surface area contributed by atoms with E-state index in [1.54, 1.807) is 0 Å². The van der Waals surface area contributed by atoms with Crippen LogP contribution in [0.1, 0.15) is 0 Å². The van der Waals surface area contributed by atoms with Gasteiger partial charge in [0.15, 0.2) is 0 Å². The van der Waals surface area contributed by atoms with Gasteiger partial charge in [0.25, 0.3) is 0 Å². The fourth-order valence-corrected chi connectivity index (χ4v) is 0. The maximum atomic E-state index is 0. The smallest absolute Gasteiger partial charge is 0 e. The van der Waals surface area contributed by atoms with Gasteiger partial charge in [-0.2, -0.15) is 0 Å². The Bertz CT molecular complexity index is 14.6. The molecule has 0 saturated carbocycles. The summed E-state index contributed by atoms with van der Waals surface area (Å²) in [5.41, 5.74) is 0. The zero-order valence-corrected chi connectivity index (χ0v) is 52.5. The molecule has 0 aliphatic rings. The zero-order chi connectivity index (χ0) is 0. The molecule has 0 bridgehead atoms. The normalized spacial score (nSPS) is 0. The molecule has 0 unspecified atom stereocenters. The van der Waals surface area contributed by atoms with E-state index in [9.17, 15) is 0 Å². The average molecular weight is 1970 g/mol. The van der Waals surface area contributed by atoms with Crippen LogP contribution in [-0.2, 0) is 134 Å². The first kappa shape index (κ1) is 105. The van der Waals surface area contributed by atoms with Crippen molar-refractivity contribution in [3.05, 3.63) is 0 Å². The third-order valence-electron chi connectivity index (χ3n) is 0. The standard InChI is InChI=1S/6Au.9Sr. The largest absolute Gasteiger partial charge is 0 e. The summed E-state index contributed by atoms with van der Waals surface area (Å²) in [6, 6.07) is 0. The first-order valence-electron chi connectivity index (χ1n) is 0. The van der Waals surface area contributed by atoms with Gasteiger partial charge in [-0.1, -0.05) is 0 Å². The molecule has 0 saturated heterocycles. The third kappa shape index (κ3) is 89.2. The number of hydrogen-bond acceptors (Lipinski definition) is 0. The molecule has 0 heterocycles. The van der Waals surface area contributed by atoms with E-state index in [0.717, 1.165) is 0 Å². The summed E-state index contributed by atoms with van der Waals surface area (Å²) in [5, 5.41) is 0. The Kier molecular flexibility index (Phi) is 665. The van der Waals surface area contributed by atoms with E-state index in [2.05, 4.69) is 0 Å². The van der Waals surface area contributed by atoms with E-state index in [4.69, 9.17) is 0 Å². The monoisotopic (exact) mass is 1970 g/mol. The second-order valence-corrected chi connectivity index (χ2v) is 0. The Labute approximate surface area is 522 Å². The van der Waals surface area contributed by atoms with Gasteiger partial charge in [-0.15, -0.1) is 0 Å². The van der Waals surface area contributed by atoms with Crippen LogP contribution in [0.15, 0.2) is 0 Å². The molecule has 0 spiro atoms. The maximum Gasteiger partial charge on any atom is 0 e. The Hall–Kier alpha value is 17.8. The quantitative estimate of drug-likeness (QED) is 0.222. The van der Waals surface area contributed by atoms with Gasteiger partial charge in [0.2, 0.25) is 0 Å². The molecule has 0 aliphatic carbocycles. The molecule has 0 aliphatic heterocycles. The van der Waals surface area contributed by atoms with Gasteiger partial charge in [0.1, 0.15) is 0 Å². The van der Waals surface area contributed by atoms with Crippen LogP contribution < -0.4 is 0 Å². The van der Waals surface area contributed by atoms with E-state index < -0.39 is 0 Å². The van der Waals surface area contributed by atoms with Crippen LogP contribution in [0.5, 0.6) is 0 Å². The summed E-state index contributed by atoms with van der Waals surface area (Å²) < 4.78 is 0. The minimum absolute atomic E-state index is 0. The Morgan fingerprint density at radius 3 is 0.133 bits per heavy atom. The Morgan fingerprint density at radius 1 is 0.133 bits per heavy atom. The predicted molar refractivity (Wildman–Crippen MR) is 51.8 cm³/mol. The SMILES string of the molecule is [Au].[Au].[Au].[Au].[Au].[Au].[Sr].[Sr].[Sr].[Sr].[Sr].[Sr].[Sr].[Sr].[Sr]. The van der Waals surface area contributed by atoms with Crippen molar-refractivity contribution in [1.29, 1.82) is 0 Å². The van der Waals surface area contributed by atoms with Gasteiger partial charge in [-0.25, -0.2) is 0 Å². The fourth-order valence-electron chi connectivity index (χ4n) is 0. The predicted octanol–water partition coefficient (Wildman–Crippen LogP) is -3.44.